The van der Waals surface area contributed by atoms with Crippen LogP contribution in [0.25, 0.3) is 11.3 Å². The average molecular weight is 254 g/mol. The third-order valence-corrected chi connectivity index (χ3v) is 2.58. The Morgan fingerprint density at radius 3 is 2.84 bits per heavy atom. The summed E-state index contributed by atoms with van der Waals surface area (Å²) >= 11 is 0. The minimum atomic E-state index is -0.292. The number of oxazole rings is 1. The second-order valence-corrected chi connectivity index (χ2v) is 3.88. The van der Waals surface area contributed by atoms with Gasteiger partial charge in [-0.25, -0.2) is 4.98 Å². The number of amides is 1. The van der Waals surface area contributed by atoms with Crippen LogP contribution in [0, 0.1) is 0 Å². The van der Waals surface area contributed by atoms with E-state index in [1.165, 1.54) is 12.7 Å². The fourth-order valence-electron chi connectivity index (χ4n) is 1.71. The summed E-state index contributed by atoms with van der Waals surface area (Å²) in [5.74, 6) is 0.624. The van der Waals surface area contributed by atoms with Crippen molar-refractivity contribution in [2.24, 2.45) is 0 Å². The predicted octanol–water partition coefficient (Wildman–Crippen LogP) is 3.19. The number of benzene rings is 1. The largest absolute Gasteiger partial charge is 0.459 e. The van der Waals surface area contributed by atoms with E-state index < -0.39 is 0 Å². The van der Waals surface area contributed by atoms with Crippen LogP contribution >= 0.6 is 0 Å². The first-order valence-corrected chi connectivity index (χ1v) is 5.67. The van der Waals surface area contributed by atoms with Crippen LogP contribution in [0.4, 0.5) is 5.69 Å². The highest BCUT2D eigenvalue weighted by Gasteiger charge is 2.09. The van der Waals surface area contributed by atoms with Crippen LogP contribution in [0.1, 0.15) is 10.6 Å². The van der Waals surface area contributed by atoms with E-state index in [0.717, 1.165) is 5.56 Å². The van der Waals surface area contributed by atoms with Gasteiger partial charge in [-0.1, -0.05) is 12.1 Å². The third-order valence-electron chi connectivity index (χ3n) is 2.58. The van der Waals surface area contributed by atoms with Gasteiger partial charge in [-0.15, -0.1) is 0 Å². The molecule has 0 radical (unpaired) electrons. The van der Waals surface area contributed by atoms with Gasteiger partial charge in [-0.3, -0.25) is 4.79 Å². The van der Waals surface area contributed by atoms with Crippen LogP contribution < -0.4 is 5.32 Å². The number of anilines is 1. The molecule has 0 unspecified atom stereocenters. The Morgan fingerprint density at radius 1 is 1.16 bits per heavy atom. The molecule has 94 valence electrons. The summed E-state index contributed by atoms with van der Waals surface area (Å²) in [4.78, 5) is 15.7. The lowest BCUT2D eigenvalue weighted by Gasteiger charge is -2.04. The van der Waals surface area contributed by atoms with E-state index in [0.29, 0.717) is 11.4 Å². The second kappa shape index (κ2) is 4.81. The molecule has 5 heteroatoms. The summed E-state index contributed by atoms with van der Waals surface area (Å²) in [6, 6.07) is 10.6. The number of nitrogens with zero attached hydrogens (tertiary/aromatic N) is 1. The molecule has 0 fully saturated rings. The Hall–Kier alpha value is -2.82. The van der Waals surface area contributed by atoms with Gasteiger partial charge in [0.1, 0.15) is 0 Å². The van der Waals surface area contributed by atoms with E-state index in [1.54, 1.807) is 30.5 Å². The zero-order valence-corrected chi connectivity index (χ0v) is 9.87. The Kier molecular flexibility index (Phi) is 2.86. The standard InChI is InChI=1S/C14H10N2O3/c17-14(12-5-2-6-18-12)16-11-4-1-3-10(7-11)13-8-15-9-19-13/h1-9H,(H,16,17). The van der Waals surface area contributed by atoms with Crippen molar-refractivity contribution in [2.45, 2.75) is 0 Å². The summed E-state index contributed by atoms with van der Waals surface area (Å²) in [7, 11) is 0. The highest BCUT2D eigenvalue weighted by molar-refractivity contribution is 6.02. The number of furan rings is 1. The lowest BCUT2D eigenvalue weighted by molar-refractivity contribution is 0.0996. The Labute approximate surface area is 108 Å². The molecule has 0 aliphatic rings. The molecule has 0 bridgehead atoms. The zero-order chi connectivity index (χ0) is 13.1. The molecule has 0 atom stereocenters. The third kappa shape index (κ3) is 2.40. The zero-order valence-electron chi connectivity index (χ0n) is 9.87. The first-order chi connectivity index (χ1) is 9.33. The van der Waals surface area contributed by atoms with Crippen molar-refractivity contribution in [1.82, 2.24) is 4.98 Å². The van der Waals surface area contributed by atoms with Gasteiger partial charge in [0.15, 0.2) is 17.9 Å². The van der Waals surface area contributed by atoms with E-state index >= 15 is 0 Å². The number of hydrogen-bond donors (Lipinski definition) is 1. The fraction of sp³-hybridized carbons (Fsp3) is 0. The normalized spacial score (nSPS) is 10.3. The molecule has 0 saturated heterocycles. The lowest BCUT2D eigenvalue weighted by Crippen LogP contribution is -2.10. The predicted molar refractivity (Wildman–Crippen MR) is 68.6 cm³/mol. The molecule has 2 heterocycles. The molecule has 0 spiro atoms. The molecule has 0 saturated carbocycles. The Balaban J connectivity index is 1.82. The number of carbonyl (C=O) groups excluding carboxylic acids is 1. The SMILES string of the molecule is O=C(Nc1cccc(-c2cnco2)c1)c1ccco1. The van der Waals surface area contributed by atoms with Gasteiger partial charge in [0.2, 0.25) is 0 Å². The summed E-state index contributed by atoms with van der Waals surface area (Å²) in [5, 5.41) is 2.75. The van der Waals surface area contributed by atoms with Gasteiger partial charge in [-0.2, -0.15) is 0 Å². The molecule has 1 N–H and O–H groups in total. The van der Waals surface area contributed by atoms with Crippen molar-refractivity contribution in [3.05, 3.63) is 61.0 Å². The van der Waals surface area contributed by atoms with Crippen LogP contribution in [0.2, 0.25) is 0 Å². The van der Waals surface area contributed by atoms with Crippen LogP contribution in [0.3, 0.4) is 0 Å². The van der Waals surface area contributed by atoms with Crippen molar-refractivity contribution < 1.29 is 13.6 Å². The minimum Gasteiger partial charge on any atom is -0.459 e. The molecule has 3 aromatic rings. The van der Waals surface area contributed by atoms with Gasteiger partial charge in [0.25, 0.3) is 5.91 Å². The first kappa shape index (κ1) is 11.3. The highest BCUT2D eigenvalue weighted by Crippen LogP contribution is 2.22. The Morgan fingerprint density at radius 2 is 2.11 bits per heavy atom. The molecule has 0 aliphatic carbocycles. The van der Waals surface area contributed by atoms with Crippen molar-refractivity contribution in [2.75, 3.05) is 5.32 Å². The first-order valence-electron chi connectivity index (χ1n) is 5.67. The molecule has 1 amide bonds. The van der Waals surface area contributed by atoms with E-state index in [-0.39, 0.29) is 11.7 Å². The molecular weight excluding hydrogens is 244 g/mol. The smallest absolute Gasteiger partial charge is 0.291 e. The highest BCUT2D eigenvalue weighted by atomic mass is 16.3. The van der Waals surface area contributed by atoms with Crippen molar-refractivity contribution in [1.29, 1.82) is 0 Å². The summed E-state index contributed by atoms with van der Waals surface area (Å²) in [6.07, 6.45) is 4.44. The molecule has 0 aliphatic heterocycles. The molecule has 3 rings (SSSR count). The molecule has 5 nitrogen and oxygen atoms in total. The lowest BCUT2D eigenvalue weighted by atomic mass is 10.1. The second-order valence-electron chi connectivity index (χ2n) is 3.88. The van der Waals surface area contributed by atoms with Gasteiger partial charge >= 0.3 is 0 Å². The van der Waals surface area contributed by atoms with E-state index in [2.05, 4.69) is 10.3 Å². The molecular formula is C14H10N2O3. The number of aromatic nitrogens is 1. The van der Waals surface area contributed by atoms with Crippen molar-refractivity contribution >= 4 is 11.6 Å². The minimum absolute atomic E-state index is 0.269. The fourth-order valence-corrected chi connectivity index (χ4v) is 1.71. The number of hydrogen-bond acceptors (Lipinski definition) is 4. The van der Waals surface area contributed by atoms with Crippen molar-refractivity contribution in [3.63, 3.8) is 0 Å². The summed E-state index contributed by atoms with van der Waals surface area (Å²) in [5.41, 5.74) is 1.50. The summed E-state index contributed by atoms with van der Waals surface area (Å²) in [6.45, 7) is 0. The van der Waals surface area contributed by atoms with Gasteiger partial charge < -0.3 is 14.2 Å². The van der Waals surface area contributed by atoms with E-state index in [9.17, 15) is 4.79 Å². The molecule has 19 heavy (non-hydrogen) atoms. The van der Waals surface area contributed by atoms with Crippen LogP contribution in [0.5, 0.6) is 0 Å². The number of rotatable bonds is 3. The van der Waals surface area contributed by atoms with Gasteiger partial charge in [0.05, 0.1) is 12.5 Å². The maximum Gasteiger partial charge on any atom is 0.291 e. The van der Waals surface area contributed by atoms with Gasteiger partial charge in [-0.05, 0) is 24.3 Å². The van der Waals surface area contributed by atoms with E-state index in [1.807, 2.05) is 12.1 Å². The average Bonchev–Trinajstić information content (AvgIpc) is 3.13. The molecule has 1 aromatic carbocycles. The van der Waals surface area contributed by atoms with E-state index in [4.69, 9.17) is 8.83 Å². The molecule has 2 aromatic heterocycles. The van der Waals surface area contributed by atoms with Gasteiger partial charge in [0, 0.05) is 11.3 Å². The topological polar surface area (TPSA) is 68.3 Å². The maximum absolute atomic E-state index is 11.8. The van der Waals surface area contributed by atoms with Crippen LogP contribution in [-0.4, -0.2) is 10.9 Å². The quantitative estimate of drug-likeness (QED) is 0.779. The van der Waals surface area contributed by atoms with Crippen molar-refractivity contribution in [3.8, 4) is 11.3 Å². The van der Waals surface area contributed by atoms with Crippen LogP contribution in [0.15, 0.2) is 64.1 Å². The summed E-state index contributed by atoms with van der Waals surface area (Å²) < 4.78 is 10.2. The monoisotopic (exact) mass is 254 g/mol. The maximum atomic E-state index is 11.8. The number of carbonyl (C=O) groups is 1. The number of nitrogens with one attached hydrogen (secondary N) is 1. The van der Waals surface area contributed by atoms with Crippen LogP contribution in [-0.2, 0) is 0 Å². The Bertz CT molecular complexity index is 673.